The number of rotatable bonds is 9. The number of nitrogens with one attached hydrogen (secondary N) is 1. The first kappa shape index (κ1) is 19.9. The maximum absolute atomic E-state index is 11.2. The highest BCUT2D eigenvalue weighted by molar-refractivity contribution is 7.15. The Labute approximate surface area is 164 Å². The van der Waals surface area contributed by atoms with Gasteiger partial charge in [0.15, 0.2) is 0 Å². The molecule has 7 heteroatoms. The van der Waals surface area contributed by atoms with Crippen LogP contribution in [0.25, 0.3) is 10.4 Å². The molecule has 1 aromatic carbocycles. The fourth-order valence-corrected chi connectivity index (χ4v) is 4.49. The van der Waals surface area contributed by atoms with Crippen LogP contribution in [0.3, 0.4) is 0 Å². The SMILES string of the molecule is COCCCN1CCC(NCc2ccc(-c3ccccc3[N+](=O)[O-])s2)CC1. The van der Waals surface area contributed by atoms with Gasteiger partial charge in [-0.3, -0.25) is 10.1 Å². The zero-order chi connectivity index (χ0) is 19.1. The van der Waals surface area contributed by atoms with E-state index in [4.69, 9.17) is 4.74 Å². The molecule has 1 fully saturated rings. The number of hydrogen-bond donors (Lipinski definition) is 1. The van der Waals surface area contributed by atoms with Crippen molar-refractivity contribution < 1.29 is 9.66 Å². The Morgan fingerprint density at radius 1 is 1.26 bits per heavy atom. The van der Waals surface area contributed by atoms with E-state index in [9.17, 15) is 10.1 Å². The summed E-state index contributed by atoms with van der Waals surface area (Å²) in [6.45, 7) is 5.03. The first-order valence-electron chi connectivity index (χ1n) is 9.44. The van der Waals surface area contributed by atoms with Crippen LogP contribution in [0.1, 0.15) is 24.1 Å². The van der Waals surface area contributed by atoms with Gasteiger partial charge in [-0.25, -0.2) is 0 Å². The fraction of sp³-hybridized carbons (Fsp3) is 0.500. The van der Waals surface area contributed by atoms with E-state index in [0.29, 0.717) is 11.6 Å². The van der Waals surface area contributed by atoms with Crippen LogP contribution in [-0.2, 0) is 11.3 Å². The number of ether oxygens (including phenoxy) is 1. The third-order valence-electron chi connectivity index (χ3n) is 5.00. The Hall–Kier alpha value is -1.80. The molecule has 0 unspecified atom stereocenters. The number of benzene rings is 1. The predicted octanol–water partition coefficient (Wildman–Crippen LogP) is 3.91. The number of thiophene rings is 1. The number of nitro groups is 1. The number of nitrogens with zero attached hydrogens (tertiary/aromatic N) is 2. The van der Waals surface area contributed by atoms with Crippen molar-refractivity contribution >= 4 is 17.0 Å². The summed E-state index contributed by atoms with van der Waals surface area (Å²) in [5, 5.41) is 14.9. The van der Waals surface area contributed by atoms with Crippen LogP contribution >= 0.6 is 11.3 Å². The van der Waals surface area contributed by atoms with Crippen LogP contribution in [0.4, 0.5) is 5.69 Å². The molecule has 1 aliphatic heterocycles. The Morgan fingerprint density at radius 2 is 2.04 bits per heavy atom. The van der Waals surface area contributed by atoms with Gasteiger partial charge in [0.05, 0.1) is 10.5 Å². The summed E-state index contributed by atoms with van der Waals surface area (Å²) < 4.78 is 5.12. The zero-order valence-electron chi connectivity index (χ0n) is 15.7. The predicted molar refractivity (Wildman–Crippen MR) is 109 cm³/mol. The Kier molecular flexibility index (Phi) is 7.34. The van der Waals surface area contributed by atoms with E-state index < -0.39 is 0 Å². The molecule has 0 atom stereocenters. The second-order valence-electron chi connectivity index (χ2n) is 6.88. The minimum Gasteiger partial charge on any atom is -0.385 e. The summed E-state index contributed by atoms with van der Waals surface area (Å²) in [5.41, 5.74) is 0.864. The monoisotopic (exact) mass is 389 g/mol. The average molecular weight is 390 g/mol. The van der Waals surface area contributed by atoms with Gasteiger partial charge in [0.1, 0.15) is 0 Å². The smallest absolute Gasteiger partial charge is 0.278 e. The summed E-state index contributed by atoms with van der Waals surface area (Å²) in [6, 6.07) is 11.5. The van der Waals surface area contributed by atoms with Gasteiger partial charge in [0, 0.05) is 48.7 Å². The number of piperidine rings is 1. The Morgan fingerprint density at radius 3 is 2.78 bits per heavy atom. The summed E-state index contributed by atoms with van der Waals surface area (Å²) in [4.78, 5) is 15.6. The number of methoxy groups -OCH3 is 1. The number of hydrogen-bond acceptors (Lipinski definition) is 6. The lowest BCUT2D eigenvalue weighted by Crippen LogP contribution is -2.42. The Balaban J connectivity index is 1.49. The van der Waals surface area contributed by atoms with Gasteiger partial charge in [-0.2, -0.15) is 0 Å². The molecule has 3 rings (SSSR count). The molecule has 146 valence electrons. The molecule has 1 aliphatic rings. The first-order chi connectivity index (χ1) is 13.2. The van der Waals surface area contributed by atoms with E-state index in [1.165, 1.54) is 4.88 Å². The normalized spacial score (nSPS) is 15.9. The quantitative estimate of drug-likeness (QED) is 0.400. The van der Waals surface area contributed by atoms with Gasteiger partial charge >= 0.3 is 0 Å². The lowest BCUT2D eigenvalue weighted by atomic mass is 10.0. The fourth-order valence-electron chi connectivity index (χ4n) is 3.50. The highest BCUT2D eigenvalue weighted by Gasteiger charge is 2.19. The van der Waals surface area contributed by atoms with E-state index >= 15 is 0 Å². The van der Waals surface area contributed by atoms with Crippen LogP contribution in [0.15, 0.2) is 36.4 Å². The zero-order valence-corrected chi connectivity index (χ0v) is 16.5. The van der Waals surface area contributed by atoms with Gasteiger partial charge in [-0.1, -0.05) is 12.1 Å². The van der Waals surface area contributed by atoms with E-state index in [2.05, 4.69) is 16.3 Å². The van der Waals surface area contributed by atoms with Gasteiger partial charge in [0.2, 0.25) is 0 Å². The van der Waals surface area contributed by atoms with Crippen LogP contribution in [0.5, 0.6) is 0 Å². The molecule has 6 nitrogen and oxygen atoms in total. The molecule has 1 N–H and O–H groups in total. The Bertz CT molecular complexity index is 742. The maximum Gasteiger partial charge on any atom is 0.278 e. The van der Waals surface area contributed by atoms with Crippen molar-refractivity contribution in [3.05, 3.63) is 51.4 Å². The average Bonchev–Trinajstić information content (AvgIpc) is 3.16. The molecule has 2 heterocycles. The van der Waals surface area contributed by atoms with Crippen molar-refractivity contribution in [1.29, 1.82) is 0 Å². The molecule has 0 bridgehead atoms. The molecule has 27 heavy (non-hydrogen) atoms. The molecule has 0 radical (unpaired) electrons. The van der Waals surface area contributed by atoms with Crippen LogP contribution in [0, 0.1) is 10.1 Å². The molecule has 2 aromatic rings. The molecule has 0 saturated carbocycles. The van der Waals surface area contributed by atoms with Crippen LogP contribution in [-0.4, -0.2) is 49.2 Å². The van der Waals surface area contributed by atoms with Gasteiger partial charge in [-0.15, -0.1) is 11.3 Å². The van der Waals surface area contributed by atoms with E-state index in [1.54, 1.807) is 30.6 Å². The van der Waals surface area contributed by atoms with Crippen molar-refractivity contribution in [2.75, 3.05) is 33.4 Å². The van der Waals surface area contributed by atoms with Crippen molar-refractivity contribution in [2.24, 2.45) is 0 Å². The van der Waals surface area contributed by atoms with Gasteiger partial charge in [0.25, 0.3) is 5.69 Å². The molecule has 0 amide bonds. The highest BCUT2D eigenvalue weighted by atomic mass is 32.1. The van der Waals surface area contributed by atoms with E-state index in [0.717, 1.165) is 56.9 Å². The van der Waals surface area contributed by atoms with Crippen LogP contribution in [0.2, 0.25) is 0 Å². The van der Waals surface area contributed by atoms with Crippen LogP contribution < -0.4 is 5.32 Å². The molecule has 1 aromatic heterocycles. The molecule has 0 spiro atoms. The van der Waals surface area contributed by atoms with E-state index in [1.807, 2.05) is 18.2 Å². The number of nitro benzene ring substituents is 1. The summed E-state index contributed by atoms with van der Waals surface area (Å²) in [6.07, 6.45) is 3.42. The van der Waals surface area contributed by atoms with Gasteiger partial charge in [-0.05, 0) is 50.6 Å². The molecule has 0 aliphatic carbocycles. The lowest BCUT2D eigenvalue weighted by molar-refractivity contribution is -0.384. The van der Waals surface area contributed by atoms with Crippen molar-refractivity contribution in [3.8, 4) is 10.4 Å². The minimum absolute atomic E-state index is 0.166. The van der Waals surface area contributed by atoms with Crippen molar-refractivity contribution in [3.63, 3.8) is 0 Å². The largest absolute Gasteiger partial charge is 0.385 e. The molecular weight excluding hydrogens is 362 g/mol. The highest BCUT2D eigenvalue weighted by Crippen LogP contribution is 2.34. The second kappa shape index (κ2) is 9.94. The topological polar surface area (TPSA) is 67.6 Å². The number of likely N-dealkylation sites (tertiary alicyclic amines) is 1. The van der Waals surface area contributed by atoms with Crippen molar-refractivity contribution in [1.82, 2.24) is 10.2 Å². The third kappa shape index (κ3) is 5.59. The minimum atomic E-state index is -0.312. The molecule has 1 saturated heterocycles. The maximum atomic E-state index is 11.2. The summed E-state index contributed by atoms with van der Waals surface area (Å²) in [5.74, 6) is 0. The third-order valence-corrected chi connectivity index (χ3v) is 6.12. The van der Waals surface area contributed by atoms with Crippen molar-refractivity contribution in [2.45, 2.75) is 31.8 Å². The molecular formula is C20H27N3O3S. The van der Waals surface area contributed by atoms with E-state index in [-0.39, 0.29) is 10.6 Å². The number of para-hydroxylation sites is 1. The summed E-state index contributed by atoms with van der Waals surface area (Å²) in [7, 11) is 1.75. The van der Waals surface area contributed by atoms with Gasteiger partial charge < -0.3 is 15.0 Å². The standard InChI is InChI=1S/C20H27N3O3S/c1-26-14-4-11-22-12-9-16(10-13-22)21-15-17-7-8-20(27-17)18-5-2-3-6-19(18)23(24)25/h2-3,5-8,16,21H,4,9-15H2,1H3. The lowest BCUT2D eigenvalue weighted by Gasteiger charge is -2.32. The summed E-state index contributed by atoms with van der Waals surface area (Å²) >= 11 is 1.63. The second-order valence-corrected chi connectivity index (χ2v) is 8.05. The first-order valence-corrected chi connectivity index (χ1v) is 10.3.